The van der Waals surface area contributed by atoms with Gasteiger partial charge < -0.3 is 14.6 Å². The van der Waals surface area contributed by atoms with Gasteiger partial charge in [0, 0.05) is 6.07 Å². The molecule has 1 atom stereocenters. The van der Waals surface area contributed by atoms with Crippen molar-refractivity contribution in [1.82, 2.24) is 0 Å². The quantitative estimate of drug-likeness (QED) is 0.874. The number of aliphatic hydroxyl groups excluding tert-OH is 1. The highest BCUT2D eigenvalue weighted by atomic mass is 16.5. The molecule has 0 fully saturated rings. The maximum absolute atomic E-state index is 10.2. The Hall–Kier alpha value is -2.00. The molecule has 3 nitrogen and oxygen atoms in total. The van der Waals surface area contributed by atoms with Crippen LogP contribution in [0.4, 0.5) is 0 Å². The standard InChI is InChI=1S/C17H20O3/c1-3-19-14-8-6-9-15(11-14)20-12-17(18)16-10-5-4-7-13(16)2/h4-11,17-18H,3,12H2,1-2H3. The van der Waals surface area contributed by atoms with Crippen LogP contribution in [0.15, 0.2) is 48.5 Å². The summed E-state index contributed by atoms with van der Waals surface area (Å²) in [4.78, 5) is 0. The summed E-state index contributed by atoms with van der Waals surface area (Å²) < 4.78 is 11.0. The zero-order valence-electron chi connectivity index (χ0n) is 11.9. The molecule has 0 aromatic heterocycles. The van der Waals surface area contributed by atoms with Crippen LogP contribution < -0.4 is 9.47 Å². The molecule has 3 heteroatoms. The fraction of sp³-hybridized carbons (Fsp3) is 0.294. The highest BCUT2D eigenvalue weighted by Gasteiger charge is 2.10. The minimum absolute atomic E-state index is 0.223. The van der Waals surface area contributed by atoms with Gasteiger partial charge >= 0.3 is 0 Å². The Labute approximate surface area is 119 Å². The summed E-state index contributed by atoms with van der Waals surface area (Å²) >= 11 is 0. The largest absolute Gasteiger partial charge is 0.494 e. The Bertz CT molecular complexity index is 551. The van der Waals surface area contributed by atoms with Gasteiger partial charge in [-0.2, -0.15) is 0 Å². The van der Waals surface area contributed by atoms with Crippen molar-refractivity contribution in [3.63, 3.8) is 0 Å². The molecule has 2 rings (SSSR count). The lowest BCUT2D eigenvalue weighted by atomic mass is 10.0. The van der Waals surface area contributed by atoms with E-state index in [1.54, 1.807) is 0 Å². The zero-order chi connectivity index (χ0) is 14.4. The first-order chi connectivity index (χ1) is 9.70. The first-order valence-corrected chi connectivity index (χ1v) is 6.80. The van der Waals surface area contributed by atoms with E-state index in [-0.39, 0.29) is 6.61 Å². The van der Waals surface area contributed by atoms with Crippen LogP contribution in [0.25, 0.3) is 0 Å². The average molecular weight is 272 g/mol. The number of hydrogen-bond donors (Lipinski definition) is 1. The van der Waals surface area contributed by atoms with Gasteiger partial charge in [-0.3, -0.25) is 0 Å². The van der Waals surface area contributed by atoms with Crippen LogP contribution in [0, 0.1) is 6.92 Å². The topological polar surface area (TPSA) is 38.7 Å². The van der Waals surface area contributed by atoms with Crippen molar-refractivity contribution in [1.29, 1.82) is 0 Å². The monoisotopic (exact) mass is 272 g/mol. The number of aryl methyl sites for hydroxylation is 1. The average Bonchev–Trinajstić information content (AvgIpc) is 2.46. The minimum atomic E-state index is -0.632. The molecule has 0 amide bonds. The molecule has 0 heterocycles. The molecule has 0 spiro atoms. The molecular formula is C17H20O3. The van der Waals surface area contributed by atoms with Gasteiger partial charge in [-0.1, -0.05) is 30.3 Å². The van der Waals surface area contributed by atoms with Gasteiger partial charge in [0.05, 0.1) is 6.61 Å². The molecule has 0 aliphatic carbocycles. The van der Waals surface area contributed by atoms with Crippen LogP contribution in [0.3, 0.4) is 0 Å². The van der Waals surface area contributed by atoms with Crippen LogP contribution in [0.1, 0.15) is 24.2 Å². The van der Waals surface area contributed by atoms with Gasteiger partial charge in [-0.25, -0.2) is 0 Å². The SMILES string of the molecule is CCOc1cccc(OCC(O)c2ccccc2C)c1. The number of benzene rings is 2. The Kier molecular flexibility index (Phi) is 5.02. The van der Waals surface area contributed by atoms with Crippen molar-refractivity contribution in [2.45, 2.75) is 20.0 Å². The molecule has 0 saturated carbocycles. The number of rotatable bonds is 6. The van der Waals surface area contributed by atoms with E-state index in [9.17, 15) is 5.11 Å². The fourth-order valence-corrected chi connectivity index (χ4v) is 2.05. The number of hydrogen-bond acceptors (Lipinski definition) is 3. The van der Waals surface area contributed by atoms with Crippen molar-refractivity contribution in [3.05, 3.63) is 59.7 Å². The summed E-state index contributed by atoms with van der Waals surface area (Å²) in [6.07, 6.45) is -0.632. The van der Waals surface area contributed by atoms with Gasteiger partial charge in [0.2, 0.25) is 0 Å². The summed E-state index contributed by atoms with van der Waals surface area (Å²) in [5, 5.41) is 10.2. The maximum Gasteiger partial charge on any atom is 0.123 e. The maximum atomic E-state index is 10.2. The lowest BCUT2D eigenvalue weighted by molar-refractivity contribution is 0.107. The summed E-state index contributed by atoms with van der Waals surface area (Å²) in [7, 11) is 0. The summed E-state index contributed by atoms with van der Waals surface area (Å²) in [6, 6.07) is 15.2. The molecule has 0 aliphatic heterocycles. The van der Waals surface area contributed by atoms with E-state index in [2.05, 4.69) is 0 Å². The van der Waals surface area contributed by atoms with Crippen LogP contribution >= 0.6 is 0 Å². The van der Waals surface area contributed by atoms with Crippen molar-refractivity contribution >= 4 is 0 Å². The molecular weight excluding hydrogens is 252 g/mol. The van der Waals surface area contributed by atoms with E-state index in [1.807, 2.05) is 62.4 Å². The highest BCUT2D eigenvalue weighted by molar-refractivity contribution is 5.33. The molecule has 106 valence electrons. The Morgan fingerprint density at radius 3 is 2.40 bits per heavy atom. The van der Waals surface area contributed by atoms with Crippen molar-refractivity contribution in [2.24, 2.45) is 0 Å². The molecule has 2 aromatic rings. The van der Waals surface area contributed by atoms with E-state index in [1.165, 1.54) is 0 Å². The zero-order valence-corrected chi connectivity index (χ0v) is 11.9. The Balaban J connectivity index is 1.98. The Morgan fingerprint density at radius 1 is 1.00 bits per heavy atom. The van der Waals surface area contributed by atoms with E-state index in [4.69, 9.17) is 9.47 Å². The predicted molar refractivity (Wildman–Crippen MR) is 79.2 cm³/mol. The molecule has 2 aromatic carbocycles. The normalized spacial score (nSPS) is 11.9. The summed E-state index contributed by atoms with van der Waals surface area (Å²) in [5.74, 6) is 1.47. The van der Waals surface area contributed by atoms with Gasteiger partial charge in [0.25, 0.3) is 0 Å². The third kappa shape index (κ3) is 3.75. The Morgan fingerprint density at radius 2 is 1.70 bits per heavy atom. The molecule has 0 saturated heterocycles. The molecule has 0 bridgehead atoms. The van der Waals surface area contributed by atoms with Crippen LogP contribution in [0.2, 0.25) is 0 Å². The summed E-state index contributed by atoms with van der Waals surface area (Å²) in [5.41, 5.74) is 1.96. The molecule has 0 aliphatic rings. The van der Waals surface area contributed by atoms with Gasteiger partial charge in [0.1, 0.15) is 24.2 Å². The number of ether oxygens (including phenoxy) is 2. The smallest absolute Gasteiger partial charge is 0.123 e. The molecule has 1 unspecified atom stereocenters. The van der Waals surface area contributed by atoms with E-state index < -0.39 is 6.10 Å². The van der Waals surface area contributed by atoms with Crippen LogP contribution in [0.5, 0.6) is 11.5 Å². The lowest BCUT2D eigenvalue weighted by Gasteiger charge is -2.15. The second-order valence-electron chi connectivity index (χ2n) is 4.59. The van der Waals surface area contributed by atoms with Gasteiger partial charge in [-0.05, 0) is 37.1 Å². The van der Waals surface area contributed by atoms with Gasteiger partial charge in [0.15, 0.2) is 0 Å². The lowest BCUT2D eigenvalue weighted by Crippen LogP contribution is -2.10. The van der Waals surface area contributed by atoms with E-state index in [0.717, 1.165) is 16.9 Å². The predicted octanol–water partition coefficient (Wildman–Crippen LogP) is 3.51. The second-order valence-corrected chi connectivity index (χ2v) is 4.59. The van der Waals surface area contributed by atoms with Crippen LogP contribution in [-0.4, -0.2) is 18.3 Å². The highest BCUT2D eigenvalue weighted by Crippen LogP contribution is 2.22. The van der Waals surface area contributed by atoms with Crippen molar-refractivity contribution in [3.8, 4) is 11.5 Å². The minimum Gasteiger partial charge on any atom is -0.494 e. The molecule has 1 N–H and O–H groups in total. The fourth-order valence-electron chi connectivity index (χ4n) is 2.05. The molecule has 0 radical (unpaired) electrons. The second kappa shape index (κ2) is 6.96. The van der Waals surface area contributed by atoms with Gasteiger partial charge in [-0.15, -0.1) is 0 Å². The van der Waals surface area contributed by atoms with Crippen LogP contribution in [-0.2, 0) is 0 Å². The third-order valence-corrected chi connectivity index (χ3v) is 3.07. The van der Waals surface area contributed by atoms with E-state index in [0.29, 0.717) is 12.4 Å². The van der Waals surface area contributed by atoms with E-state index >= 15 is 0 Å². The number of aliphatic hydroxyl groups is 1. The van der Waals surface area contributed by atoms with Crippen molar-refractivity contribution in [2.75, 3.05) is 13.2 Å². The first-order valence-electron chi connectivity index (χ1n) is 6.80. The third-order valence-electron chi connectivity index (χ3n) is 3.07. The summed E-state index contributed by atoms with van der Waals surface area (Å²) in [6.45, 7) is 4.76. The van der Waals surface area contributed by atoms with Crippen molar-refractivity contribution < 1.29 is 14.6 Å². The first kappa shape index (κ1) is 14.4. The molecule has 20 heavy (non-hydrogen) atoms.